The van der Waals surface area contributed by atoms with Crippen LogP contribution in [0.15, 0.2) is 0 Å². The molecular formula is C12H20N2O3. The van der Waals surface area contributed by atoms with Gasteiger partial charge in [0.25, 0.3) is 0 Å². The van der Waals surface area contributed by atoms with Gasteiger partial charge in [-0.3, -0.25) is 4.79 Å². The quantitative estimate of drug-likeness (QED) is 0.629. The third kappa shape index (κ3) is 2.60. The molecule has 4 N–H and O–H groups in total. The Morgan fingerprint density at radius 1 is 1.41 bits per heavy atom. The fourth-order valence-electron chi connectivity index (χ4n) is 2.35. The third-order valence-corrected chi connectivity index (χ3v) is 4.05. The van der Waals surface area contributed by atoms with Gasteiger partial charge in [-0.1, -0.05) is 19.3 Å². The number of nitrogens with two attached hydrogens (primary N) is 1. The van der Waals surface area contributed by atoms with Crippen LogP contribution in [0.4, 0.5) is 0 Å². The number of hydrogen-bond donors (Lipinski definition) is 3. The van der Waals surface area contributed by atoms with Crippen molar-refractivity contribution in [2.75, 3.05) is 6.54 Å². The highest BCUT2D eigenvalue weighted by atomic mass is 16.4. The van der Waals surface area contributed by atoms with Gasteiger partial charge in [0.05, 0.1) is 5.41 Å². The summed E-state index contributed by atoms with van der Waals surface area (Å²) in [5.74, 6) is -0.623. The van der Waals surface area contributed by atoms with E-state index < -0.39 is 17.4 Å². The lowest BCUT2D eigenvalue weighted by molar-refractivity contribution is -0.145. The molecule has 0 aromatic rings. The molecule has 0 heterocycles. The lowest BCUT2D eigenvalue weighted by Gasteiger charge is -2.39. The first-order valence-electron chi connectivity index (χ1n) is 6.31. The van der Waals surface area contributed by atoms with Crippen molar-refractivity contribution in [1.82, 2.24) is 5.32 Å². The molecule has 0 aromatic heterocycles. The highest BCUT2D eigenvalue weighted by Gasteiger charge is 2.44. The second-order valence-corrected chi connectivity index (χ2v) is 5.38. The number of amides is 1. The van der Waals surface area contributed by atoms with Crippen LogP contribution in [0.25, 0.3) is 0 Å². The summed E-state index contributed by atoms with van der Waals surface area (Å²) in [6.07, 6.45) is 5.30. The number of rotatable bonds is 6. The van der Waals surface area contributed by atoms with Crippen LogP contribution in [0.2, 0.25) is 0 Å². The summed E-state index contributed by atoms with van der Waals surface area (Å²) in [4.78, 5) is 23.1. The number of nitrogens with one attached hydrogen (secondary N) is 1. The maximum Gasteiger partial charge on any atom is 0.326 e. The molecule has 0 saturated heterocycles. The zero-order valence-electron chi connectivity index (χ0n) is 9.95. The predicted octanol–water partition coefficient (Wildman–Crippen LogP) is 0.485. The van der Waals surface area contributed by atoms with Gasteiger partial charge < -0.3 is 16.2 Å². The van der Waals surface area contributed by atoms with Crippen molar-refractivity contribution >= 4 is 11.9 Å². The fourth-order valence-corrected chi connectivity index (χ4v) is 2.35. The van der Waals surface area contributed by atoms with Crippen molar-refractivity contribution in [2.24, 2.45) is 17.1 Å². The number of carboxylic acid groups (broad SMARTS) is 1. The third-order valence-electron chi connectivity index (χ3n) is 4.05. The van der Waals surface area contributed by atoms with Crippen LogP contribution in [-0.4, -0.2) is 29.6 Å². The summed E-state index contributed by atoms with van der Waals surface area (Å²) < 4.78 is 0. The molecule has 2 aliphatic rings. The van der Waals surface area contributed by atoms with E-state index in [2.05, 4.69) is 5.32 Å². The number of carbonyl (C=O) groups excluding carboxylic acids is 1. The Morgan fingerprint density at radius 3 is 2.41 bits per heavy atom. The summed E-state index contributed by atoms with van der Waals surface area (Å²) in [6.45, 7) is 0.314. The molecule has 17 heavy (non-hydrogen) atoms. The Labute approximate surface area is 101 Å². The van der Waals surface area contributed by atoms with E-state index in [1.807, 2.05) is 0 Å². The molecule has 0 radical (unpaired) electrons. The van der Waals surface area contributed by atoms with Gasteiger partial charge in [-0.25, -0.2) is 4.79 Å². The molecule has 1 atom stereocenters. The maximum absolute atomic E-state index is 12.0. The van der Waals surface area contributed by atoms with Gasteiger partial charge in [0.15, 0.2) is 0 Å². The van der Waals surface area contributed by atoms with E-state index in [4.69, 9.17) is 10.8 Å². The molecule has 0 spiro atoms. The average molecular weight is 240 g/mol. The average Bonchev–Trinajstić information content (AvgIpc) is 2.99. The lowest BCUT2D eigenvalue weighted by Crippen LogP contribution is -2.54. The first-order chi connectivity index (χ1) is 8.07. The molecule has 2 saturated carbocycles. The number of carbonyl (C=O) groups is 2. The van der Waals surface area contributed by atoms with Gasteiger partial charge in [0.2, 0.25) is 5.91 Å². The van der Waals surface area contributed by atoms with Crippen LogP contribution in [-0.2, 0) is 9.59 Å². The van der Waals surface area contributed by atoms with Gasteiger partial charge in [-0.05, 0) is 25.2 Å². The Morgan fingerprint density at radius 2 is 2.06 bits per heavy atom. The molecule has 0 aliphatic heterocycles. The topological polar surface area (TPSA) is 92.4 Å². The zero-order valence-corrected chi connectivity index (χ0v) is 9.95. The number of carboxylic acids is 1. The Balaban J connectivity index is 1.92. The van der Waals surface area contributed by atoms with Crippen molar-refractivity contribution in [3.05, 3.63) is 0 Å². The lowest BCUT2D eigenvalue weighted by atomic mass is 9.68. The fraction of sp³-hybridized carbons (Fsp3) is 0.833. The van der Waals surface area contributed by atoms with E-state index in [0.29, 0.717) is 18.9 Å². The molecule has 0 bridgehead atoms. The maximum atomic E-state index is 12.0. The summed E-state index contributed by atoms with van der Waals surface area (Å²) >= 11 is 0. The minimum atomic E-state index is -0.934. The predicted molar refractivity (Wildman–Crippen MR) is 62.2 cm³/mol. The molecule has 2 fully saturated rings. The molecule has 0 aromatic carbocycles. The second kappa shape index (κ2) is 4.64. The van der Waals surface area contributed by atoms with E-state index in [-0.39, 0.29) is 5.91 Å². The highest BCUT2D eigenvalue weighted by molar-refractivity contribution is 5.88. The molecule has 1 amide bonds. The molecular weight excluding hydrogens is 220 g/mol. The molecule has 2 aliphatic carbocycles. The van der Waals surface area contributed by atoms with Gasteiger partial charge >= 0.3 is 5.97 Å². The molecule has 5 nitrogen and oxygen atoms in total. The number of hydrogen-bond acceptors (Lipinski definition) is 3. The van der Waals surface area contributed by atoms with Crippen LogP contribution in [0.5, 0.6) is 0 Å². The Bertz CT molecular complexity index is 316. The first kappa shape index (κ1) is 12.4. The van der Waals surface area contributed by atoms with Crippen molar-refractivity contribution in [1.29, 1.82) is 0 Å². The van der Waals surface area contributed by atoms with Crippen molar-refractivity contribution < 1.29 is 14.7 Å². The van der Waals surface area contributed by atoms with Gasteiger partial charge in [0.1, 0.15) is 6.04 Å². The van der Waals surface area contributed by atoms with E-state index >= 15 is 0 Å². The molecule has 96 valence electrons. The summed E-state index contributed by atoms with van der Waals surface area (Å²) in [5.41, 5.74) is 5.14. The van der Waals surface area contributed by atoms with Crippen LogP contribution in [0.3, 0.4) is 0 Å². The molecule has 5 heteroatoms. The van der Waals surface area contributed by atoms with Gasteiger partial charge in [-0.15, -0.1) is 0 Å². The Kier molecular flexibility index (Phi) is 3.38. The number of aliphatic carboxylic acids is 1. The zero-order chi connectivity index (χ0) is 12.5. The van der Waals surface area contributed by atoms with Crippen molar-refractivity contribution in [3.63, 3.8) is 0 Å². The highest BCUT2D eigenvalue weighted by Crippen LogP contribution is 2.40. The van der Waals surface area contributed by atoms with Crippen molar-refractivity contribution in [3.8, 4) is 0 Å². The molecule has 1 unspecified atom stereocenters. The first-order valence-corrected chi connectivity index (χ1v) is 6.31. The van der Waals surface area contributed by atoms with Crippen LogP contribution in [0, 0.1) is 11.3 Å². The van der Waals surface area contributed by atoms with Crippen LogP contribution in [0.1, 0.15) is 38.5 Å². The molecule has 2 rings (SSSR count). The summed E-state index contributed by atoms with van der Waals surface area (Å²) in [5, 5.41) is 11.7. The van der Waals surface area contributed by atoms with Crippen LogP contribution < -0.4 is 11.1 Å². The van der Waals surface area contributed by atoms with E-state index in [1.165, 1.54) is 0 Å². The minimum absolute atomic E-state index is 0.167. The minimum Gasteiger partial charge on any atom is -0.480 e. The van der Waals surface area contributed by atoms with E-state index in [0.717, 1.165) is 32.1 Å². The van der Waals surface area contributed by atoms with E-state index in [1.54, 1.807) is 0 Å². The standard InChI is InChI=1S/C12H20N2O3/c13-7-12(4-1-5-12)11(17)14-9(10(15)16)6-8-2-3-8/h8-9H,1-7,13H2,(H,14,17)(H,15,16). The second-order valence-electron chi connectivity index (χ2n) is 5.38. The van der Waals surface area contributed by atoms with Crippen molar-refractivity contribution in [2.45, 2.75) is 44.6 Å². The monoisotopic (exact) mass is 240 g/mol. The summed E-state index contributed by atoms with van der Waals surface area (Å²) in [7, 11) is 0. The SMILES string of the molecule is NCC1(C(=O)NC(CC2CC2)C(=O)O)CCC1. The van der Waals surface area contributed by atoms with Gasteiger partial charge in [-0.2, -0.15) is 0 Å². The Hall–Kier alpha value is -1.10. The largest absolute Gasteiger partial charge is 0.480 e. The van der Waals surface area contributed by atoms with Gasteiger partial charge in [0, 0.05) is 6.54 Å². The normalized spacial score (nSPS) is 23.6. The summed E-state index contributed by atoms with van der Waals surface area (Å²) in [6, 6.07) is -0.737. The van der Waals surface area contributed by atoms with E-state index in [9.17, 15) is 9.59 Å². The smallest absolute Gasteiger partial charge is 0.326 e. The van der Waals surface area contributed by atoms with Crippen LogP contribution >= 0.6 is 0 Å².